The Morgan fingerprint density at radius 3 is 2.56 bits per heavy atom. The summed E-state index contributed by atoms with van der Waals surface area (Å²) in [6.45, 7) is 7.25. The van der Waals surface area contributed by atoms with E-state index in [1.807, 2.05) is 32.5 Å². The molecular weight excluding hydrogens is 224 g/mol. The Hall–Kier alpha value is -0.420. The summed E-state index contributed by atoms with van der Waals surface area (Å²) in [5.74, 6) is 1.02. The third-order valence-corrected chi connectivity index (χ3v) is 4.48. The van der Waals surface area contributed by atoms with Gasteiger partial charge in [0.2, 0.25) is 0 Å². The molecule has 2 saturated heterocycles. The molecule has 4 nitrogen and oxygen atoms in total. The van der Waals surface area contributed by atoms with Gasteiger partial charge in [0.25, 0.3) is 0 Å². The SMILES string of the molecule is CC(C)(C)OC(=O)N1CC2(C[C@H](N)CS2)C1. The molecule has 0 saturated carbocycles. The fourth-order valence-electron chi connectivity index (χ4n) is 2.20. The lowest BCUT2D eigenvalue weighted by Crippen LogP contribution is -2.61. The third-order valence-electron chi connectivity index (χ3n) is 2.85. The molecular formula is C11H20N2O2S. The highest BCUT2D eigenvalue weighted by Crippen LogP contribution is 2.44. The largest absolute Gasteiger partial charge is 0.444 e. The number of rotatable bonds is 0. The molecule has 0 aromatic heterocycles. The number of amides is 1. The number of nitrogens with two attached hydrogens (primary N) is 1. The quantitative estimate of drug-likeness (QED) is 0.700. The van der Waals surface area contributed by atoms with E-state index in [4.69, 9.17) is 10.5 Å². The van der Waals surface area contributed by atoms with Crippen molar-refractivity contribution >= 4 is 17.9 Å². The lowest BCUT2D eigenvalue weighted by Gasteiger charge is -2.47. The molecule has 2 heterocycles. The maximum Gasteiger partial charge on any atom is 0.410 e. The monoisotopic (exact) mass is 244 g/mol. The lowest BCUT2D eigenvalue weighted by molar-refractivity contribution is 0.00413. The second kappa shape index (κ2) is 3.81. The van der Waals surface area contributed by atoms with Crippen LogP contribution >= 0.6 is 11.8 Å². The molecule has 5 heteroatoms. The molecule has 1 amide bonds. The first-order valence-electron chi connectivity index (χ1n) is 5.67. The van der Waals surface area contributed by atoms with Crippen LogP contribution < -0.4 is 5.73 Å². The van der Waals surface area contributed by atoms with Crippen molar-refractivity contribution in [2.45, 2.75) is 43.6 Å². The molecule has 1 spiro atoms. The average Bonchev–Trinajstić information content (AvgIpc) is 2.41. The molecule has 2 fully saturated rings. The van der Waals surface area contributed by atoms with E-state index in [-0.39, 0.29) is 10.8 Å². The van der Waals surface area contributed by atoms with Gasteiger partial charge in [0, 0.05) is 24.9 Å². The van der Waals surface area contributed by atoms with Gasteiger partial charge in [-0.2, -0.15) is 0 Å². The predicted molar refractivity (Wildman–Crippen MR) is 65.6 cm³/mol. The minimum absolute atomic E-state index is 0.195. The number of hydrogen-bond acceptors (Lipinski definition) is 4. The Balaban J connectivity index is 1.82. The van der Waals surface area contributed by atoms with E-state index in [0.29, 0.717) is 6.04 Å². The molecule has 0 radical (unpaired) electrons. The molecule has 92 valence electrons. The van der Waals surface area contributed by atoms with Gasteiger partial charge < -0.3 is 15.4 Å². The van der Waals surface area contributed by atoms with Crippen molar-refractivity contribution in [3.05, 3.63) is 0 Å². The van der Waals surface area contributed by atoms with Gasteiger partial charge in [-0.05, 0) is 27.2 Å². The predicted octanol–water partition coefficient (Wildman–Crippen LogP) is 1.44. The van der Waals surface area contributed by atoms with Gasteiger partial charge in [-0.1, -0.05) is 0 Å². The van der Waals surface area contributed by atoms with E-state index in [1.54, 1.807) is 4.90 Å². The zero-order valence-corrected chi connectivity index (χ0v) is 11.0. The second-order valence-corrected chi connectivity index (χ2v) is 7.28. The minimum atomic E-state index is -0.404. The van der Waals surface area contributed by atoms with Gasteiger partial charge in [0.1, 0.15) is 5.60 Å². The highest BCUT2D eigenvalue weighted by Gasteiger charge is 2.50. The zero-order valence-electron chi connectivity index (χ0n) is 10.2. The number of hydrogen-bond donors (Lipinski definition) is 1. The van der Waals surface area contributed by atoms with Crippen LogP contribution in [0.15, 0.2) is 0 Å². The van der Waals surface area contributed by atoms with Crippen molar-refractivity contribution in [1.82, 2.24) is 4.90 Å². The molecule has 0 aromatic rings. The van der Waals surface area contributed by atoms with E-state index in [9.17, 15) is 4.79 Å². The lowest BCUT2D eigenvalue weighted by atomic mass is 9.93. The molecule has 2 aliphatic rings. The Kier molecular flexibility index (Phi) is 2.87. The van der Waals surface area contributed by atoms with Crippen molar-refractivity contribution in [2.75, 3.05) is 18.8 Å². The number of likely N-dealkylation sites (tertiary alicyclic amines) is 1. The first-order valence-corrected chi connectivity index (χ1v) is 6.66. The minimum Gasteiger partial charge on any atom is -0.444 e. The van der Waals surface area contributed by atoms with E-state index >= 15 is 0 Å². The van der Waals surface area contributed by atoms with Crippen LogP contribution in [-0.2, 0) is 4.74 Å². The van der Waals surface area contributed by atoms with Gasteiger partial charge in [0.15, 0.2) is 0 Å². The van der Waals surface area contributed by atoms with E-state index < -0.39 is 5.60 Å². The number of ether oxygens (including phenoxy) is 1. The summed E-state index contributed by atoms with van der Waals surface area (Å²) in [4.78, 5) is 13.5. The third kappa shape index (κ3) is 2.46. The Morgan fingerprint density at radius 2 is 2.12 bits per heavy atom. The molecule has 2 N–H and O–H groups in total. The van der Waals surface area contributed by atoms with E-state index in [0.717, 1.165) is 25.3 Å². The Bertz CT molecular complexity index is 295. The first-order chi connectivity index (χ1) is 7.30. The van der Waals surface area contributed by atoms with Crippen molar-refractivity contribution in [3.8, 4) is 0 Å². The summed E-state index contributed by atoms with van der Waals surface area (Å²) in [5.41, 5.74) is 5.48. The highest BCUT2D eigenvalue weighted by atomic mass is 32.2. The summed E-state index contributed by atoms with van der Waals surface area (Å²) < 4.78 is 5.55. The summed E-state index contributed by atoms with van der Waals surface area (Å²) in [6.07, 6.45) is 0.830. The molecule has 0 aromatic carbocycles. The van der Waals surface area contributed by atoms with Crippen LogP contribution in [0.2, 0.25) is 0 Å². The maximum absolute atomic E-state index is 11.7. The van der Waals surface area contributed by atoms with Gasteiger partial charge in [-0.25, -0.2) is 4.79 Å². The van der Waals surface area contributed by atoms with E-state index in [2.05, 4.69) is 0 Å². The zero-order chi connectivity index (χ0) is 12.0. The molecule has 16 heavy (non-hydrogen) atoms. The molecule has 0 bridgehead atoms. The average molecular weight is 244 g/mol. The fraction of sp³-hybridized carbons (Fsp3) is 0.909. The molecule has 2 rings (SSSR count). The van der Waals surface area contributed by atoms with Gasteiger partial charge >= 0.3 is 6.09 Å². The smallest absolute Gasteiger partial charge is 0.410 e. The van der Waals surface area contributed by atoms with Crippen molar-refractivity contribution in [1.29, 1.82) is 0 Å². The van der Waals surface area contributed by atoms with Crippen LogP contribution in [0, 0.1) is 0 Å². The highest BCUT2D eigenvalue weighted by molar-refractivity contribution is 8.01. The number of carbonyl (C=O) groups is 1. The standard InChI is InChI=1S/C11H20N2O2S/c1-10(2,3)15-9(14)13-6-11(7-13)4-8(12)5-16-11/h8H,4-7,12H2,1-3H3/t8-/m0/s1. The Morgan fingerprint density at radius 1 is 1.50 bits per heavy atom. The summed E-state index contributed by atoms with van der Waals surface area (Å²) in [6, 6.07) is 0.297. The van der Waals surface area contributed by atoms with Crippen molar-refractivity contribution in [2.24, 2.45) is 5.73 Å². The number of carbonyl (C=O) groups excluding carboxylic acids is 1. The van der Waals surface area contributed by atoms with Crippen LogP contribution in [-0.4, -0.2) is 46.2 Å². The number of thioether (sulfide) groups is 1. The van der Waals surface area contributed by atoms with Gasteiger partial charge in [-0.3, -0.25) is 0 Å². The van der Waals surface area contributed by atoms with Gasteiger partial charge in [-0.15, -0.1) is 11.8 Å². The maximum atomic E-state index is 11.7. The molecule has 2 aliphatic heterocycles. The molecule has 0 unspecified atom stereocenters. The first kappa shape index (κ1) is 12.0. The van der Waals surface area contributed by atoms with E-state index in [1.165, 1.54) is 0 Å². The van der Waals surface area contributed by atoms with Crippen molar-refractivity contribution in [3.63, 3.8) is 0 Å². The summed E-state index contributed by atoms with van der Waals surface area (Å²) in [5, 5.41) is 0. The van der Waals surface area contributed by atoms with Crippen molar-refractivity contribution < 1.29 is 9.53 Å². The fourth-order valence-corrected chi connectivity index (χ4v) is 3.72. The molecule has 0 aliphatic carbocycles. The van der Waals surface area contributed by atoms with Crippen LogP contribution in [0.1, 0.15) is 27.2 Å². The normalized spacial score (nSPS) is 28.0. The van der Waals surface area contributed by atoms with Crippen LogP contribution in [0.25, 0.3) is 0 Å². The van der Waals surface area contributed by atoms with Gasteiger partial charge in [0.05, 0.1) is 4.75 Å². The second-order valence-electron chi connectivity index (χ2n) is 5.79. The summed E-state index contributed by atoms with van der Waals surface area (Å²) in [7, 11) is 0. The molecule has 1 atom stereocenters. The topological polar surface area (TPSA) is 55.6 Å². The Labute approximate surface area is 101 Å². The van der Waals surface area contributed by atoms with Crippen LogP contribution in [0.3, 0.4) is 0 Å². The summed E-state index contributed by atoms with van der Waals surface area (Å²) >= 11 is 1.90. The van der Waals surface area contributed by atoms with Crippen LogP contribution in [0.4, 0.5) is 4.79 Å². The van der Waals surface area contributed by atoms with Crippen LogP contribution in [0.5, 0.6) is 0 Å². The number of nitrogens with zero attached hydrogens (tertiary/aromatic N) is 1.